The first kappa shape index (κ1) is 10.1. The van der Waals surface area contributed by atoms with Crippen LogP contribution in [-0.2, 0) is 12.8 Å². The zero-order valence-corrected chi connectivity index (χ0v) is 8.51. The summed E-state index contributed by atoms with van der Waals surface area (Å²) >= 11 is 0. The fourth-order valence-corrected chi connectivity index (χ4v) is 1.50. The Morgan fingerprint density at radius 1 is 1.15 bits per heavy atom. The van der Waals surface area contributed by atoms with Crippen LogP contribution in [0.15, 0.2) is 18.2 Å². The fraction of sp³-hybridized carbons (Fsp3) is 0.500. The van der Waals surface area contributed by atoms with Crippen LogP contribution in [0.2, 0.25) is 0 Å². The molecule has 0 amide bonds. The molecule has 0 aliphatic rings. The summed E-state index contributed by atoms with van der Waals surface area (Å²) in [4.78, 5) is 0. The van der Waals surface area contributed by atoms with Gasteiger partial charge in [-0.25, -0.2) is 0 Å². The van der Waals surface area contributed by atoms with E-state index in [1.54, 1.807) is 0 Å². The zero-order valence-electron chi connectivity index (χ0n) is 8.51. The van der Waals surface area contributed by atoms with E-state index in [-0.39, 0.29) is 0 Å². The van der Waals surface area contributed by atoms with Gasteiger partial charge in [0.2, 0.25) is 0 Å². The van der Waals surface area contributed by atoms with E-state index in [1.165, 1.54) is 6.42 Å². The van der Waals surface area contributed by atoms with E-state index in [4.69, 9.17) is 0 Å². The lowest BCUT2D eigenvalue weighted by atomic mass is 10.0. The minimum Gasteiger partial charge on any atom is -0.507 e. The molecule has 72 valence electrons. The number of rotatable bonds is 4. The van der Waals surface area contributed by atoms with Crippen LogP contribution >= 0.6 is 0 Å². The van der Waals surface area contributed by atoms with E-state index in [0.717, 1.165) is 30.4 Å². The van der Waals surface area contributed by atoms with E-state index in [9.17, 15) is 5.11 Å². The summed E-state index contributed by atoms with van der Waals surface area (Å²) in [5.74, 6) is 0.512. The highest BCUT2D eigenvalue weighted by molar-refractivity contribution is 5.40. The summed E-state index contributed by atoms with van der Waals surface area (Å²) in [6.45, 7) is 4.24. The summed E-state index contributed by atoms with van der Waals surface area (Å²) < 4.78 is 0. The van der Waals surface area contributed by atoms with Crippen molar-refractivity contribution in [2.24, 2.45) is 0 Å². The molecular weight excluding hydrogens is 160 g/mol. The van der Waals surface area contributed by atoms with Gasteiger partial charge in [0, 0.05) is 0 Å². The van der Waals surface area contributed by atoms with Crippen molar-refractivity contribution >= 4 is 0 Å². The SMILES string of the molecule is CCCCc1cccc(CC)c1O. The van der Waals surface area contributed by atoms with Gasteiger partial charge in [0.15, 0.2) is 0 Å². The predicted molar refractivity (Wildman–Crippen MR) is 56.1 cm³/mol. The summed E-state index contributed by atoms with van der Waals surface area (Å²) in [6.07, 6.45) is 4.23. The van der Waals surface area contributed by atoms with Crippen molar-refractivity contribution in [1.82, 2.24) is 0 Å². The second-order valence-electron chi connectivity index (χ2n) is 3.38. The Balaban J connectivity index is 2.81. The Kier molecular flexibility index (Phi) is 3.81. The number of phenols is 1. The molecular formula is C12H18O. The minimum atomic E-state index is 0.512. The molecule has 1 rings (SSSR count). The molecule has 13 heavy (non-hydrogen) atoms. The molecule has 1 heteroatoms. The largest absolute Gasteiger partial charge is 0.507 e. The molecule has 0 atom stereocenters. The molecule has 0 aliphatic heterocycles. The lowest BCUT2D eigenvalue weighted by molar-refractivity contribution is 0.460. The highest BCUT2D eigenvalue weighted by atomic mass is 16.3. The number of hydrogen-bond acceptors (Lipinski definition) is 1. The molecule has 0 heterocycles. The van der Waals surface area contributed by atoms with Crippen molar-refractivity contribution < 1.29 is 5.11 Å². The van der Waals surface area contributed by atoms with Gasteiger partial charge in [-0.3, -0.25) is 0 Å². The average molecular weight is 178 g/mol. The minimum absolute atomic E-state index is 0.512. The van der Waals surface area contributed by atoms with Gasteiger partial charge >= 0.3 is 0 Å². The average Bonchev–Trinajstić information content (AvgIpc) is 2.16. The Bertz CT molecular complexity index is 266. The fourth-order valence-electron chi connectivity index (χ4n) is 1.50. The number of aromatic hydroxyl groups is 1. The Labute approximate surface area is 80.4 Å². The summed E-state index contributed by atoms with van der Waals surface area (Å²) in [6, 6.07) is 6.04. The van der Waals surface area contributed by atoms with Gasteiger partial charge in [-0.1, -0.05) is 38.5 Å². The highest BCUT2D eigenvalue weighted by Gasteiger charge is 2.03. The quantitative estimate of drug-likeness (QED) is 0.750. The summed E-state index contributed by atoms with van der Waals surface area (Å²) in [5.41, 5.74) is 2.16. The third-order valence-corrected chi connectivity index (χ3v) is 2.38. The number of phenolic OH excluding ortho intramolecular Hbond substituents is 1. The molecule has 1 N–H and O–H groups in total. The smallest absolute Gasteiger partial charge is 0.121 e. The molecule has 0 radical (unpaired) electrons. The van der Waals surface area contributed by atoms with Crippen LogP contribution in [0.5, 0.6) is 5.75 Å². The molecule has 0 aliphatic carbocycles. The molecule has 0 fully saturated rings. The third kappa shape index (κ3) is 2.48. The lowest BCUT2D eigenvalue weighted by Gasteiger charge is -2.07. The van der Waals surface area contributed by atoms with Crippen molar-refractivity contribution in [3.63, 3.8) is 0 Å². The van der Waals surface area contributed by atoms with Crippen LogP contribution in [-0.4, -0.2) is 5.11 Å². The maximum Gasteiger partial charge on any atom is 0.121 e. The van der Waals surface area contributed by atoms with Crippen LogP contribution in [0.3, 0.4) is 0 Å². The van der Waals surface area contributed by atoms with Gasteiger partial charge in [0.25, 0.3) is 0 Å². The van der Waals surface area contributed by atoms with Crippen LogP contribution in [0.25, 0.3) is 0 Å². The van der Waals surface area contributed by atoms with E-state index in [1.807, 2.05) is 18.2 Å². The normalized spacial score (nSPS) is 10.3. The van der Waals surface area contributed by atoms with Gasteiger partial charge in [0.05, 0.1) is 0 Å². The van der Waals surface area contributed by atoms with Gasteiger partial charge < -0.3 is 5.11 Å². The number of aryl methyl sites for hydroxylation is 2. The van der Waals surface area contributed by atoms with Crippen molar-refractivity contribution in [1.29, 1.82) is 0 Å². The lowest BCUT2D eigenvalue weighted by Crippen LogP contribution is -1.89. The monoisotopic (exact) mass is 178 g/mol. The molecule has 0 saturated heterocycles. The zero-order chi connectivity index (χ0) is 9.68. The van der Waals surface area contributed by atoms with Gasteiger partial charge in [0.1, 0.15) is 5.75 Å². The first-order chi connectivity index (χ1) is 6.29. The van der Waals surface area contributed by atoms with Crippen LogP contribution in [0.1, 0.15) is 37.8 Å². The summed E-state index contributed by atoms with van der Waals surface area (Å²) in [7, 11) is 0. The first-order valence-electron chi connectivity index (χ1n) is 5.09. The first-order valence-corrected chi connectivity index (χ1v) is 5.09. The van der Waals surface area contributed by atoms with E-state index in [2.05, 4.69) is 13.8 Å². The molecule has 1 nitrogen and oxygen atoms in total. The number of hydrogen-bond donors (Lipinski definition) is 1. The number of benzene rings is 1. The molecule has 0 bridgehead atoms. The maximum absolute atomic E-state index is 9.82. The topological polar surface area (TPSA) is 20.2 Å². The molecule has 0 unspecified atom stereocenters. The van der Waals surface area contributed by atoms with Crippen molar-refractivity contribution in [2.75, 3.05) is 0 Å². The Morgan fingerprint density at radius 2 is 1.85 bits per heavy atom. The van der Waals surface area contributed by atoms with E-state index >= 15 is 0 Å². The molecule has 0 saturated carbocycles. The number of unbranched alkanes of at least 4 members (excludes halogenated alkanes) is 1. The maximum atomic E-state index is 9.82. The molecule has 1 aromatic carbocycles. The standard InChI is InChI=1S/C12H18O/c1-3-5-7-11-9-6-8-10(4-2)12(11)13/h6,8-9,13H,3-5,7H2,1-2H3. The van der Waals surface area contributed by atoms with Gasteiger partial charge in [-0.2, -0.15) is 0 Å². The Hall–Kier alpha value is -0.980. The van der Waals surface area contributed by atoms with Crippen molar-refractivity contribution in [3.8, 4) is 5.75 Å². The predicted octanol–water partition coefficient (Wildman–Crippen LogP) is 3.30. The van der Waals surface area contributed by atoms with Crippen LogP contribution in [0, 0.1) is 0 Å². The van der Waals surface area contributed by atoms with Gasteiger partial charge in [-0.15, -0.1) is 0 Å². The number of para-hydroxylation sites is 1. The van der Waals surface area contributed by atoms with Crippen molar-refractivity contribution in [3.05, 3.63) is 29.3 Å². The summed E-state index contributed by atoms with van der Waals surface area (Å²) in [5, 5.41) is 9.82. The second-order valence-corrected chi connectivity index (χ2v) is 3.38. The van der Waals surface area contributed by atoms with Crippen molar-refractivity contribution in [2.45, 2.75) is 39.5 Å². The van der Waals surface area contributed by atoms with Gasteiger partial charge in [-0.05, 0) is 30.4 Å². The van der Waals surface area contributed by atoms with E-state index in [0.29, 0.717) is 5.75 Å². The van der Waals surface area contributed by atoms with E-state index < -0.39 is 0 Å². The van der Waals surface area contributed by atoms with Crippen LogP contribution < -0.4 is 0 Å². The molecule has 0 spiro atoms. The third-order valence-electron chi connectivity index (χ3n) is 2.38. The molecule has 0 aromatic heterocycles. The Morgan fingerprint density at radius 3 is 2.46 bits per heavy atom. The highest BCUT2D eigenvalue weighted by Crippen LogP contribution is 2.24. The van der Waals surface area contributed by atoms with Crippen LogP contribution in [0.4, 0.5) is 0 Å². The second kappa shape index (κ2) is 4.90. The molecule has 1 aromatic rings.